The first-order valence-electron chi connectivity index (χ1n) is 8.16. The summed E-state index contributed by atoms with van der Waals surface area (Å²) in [7, 11) is -2.00. The first kappa shape index (κ1) is 17.5. The number of hydrogen-bond donors (Lipinski definition) is 1. The number of likely N-dealkylation sites (N-methyl/N-ethyl adjacent to an activating group) is 1. The number of benzene rings is 1. The van der Waals surface area contributed by atoms with Gasteiger partial charge in [-0.05, 0) is 50.8 Å². The maximum Gasteiger partial charge on any atom is 0.211 e. The minimum Gasteiger partial charge on any atom is -0.493 e. The van der Waals surface area contributed by atoms with Gasteiger partial charge in [-0.15, -0.1) is 0 Å². The summed E-state index contributed by atoms with van der Waals surface area (Å²) in [5.41, 5.74) is -0.268. The van der Waals surface area contributed by atoms with Gasteiger partial charge in [-0.1, -0.05) is 0 Å². The standard InChI is InChI=1S/C17H25NO5S/c1-17(2)16(19)15(18(3)24(4,20)21)13-9-12(7-8-14(13)23-17)22-10-11-5-6-11/h7-9,11,15-16,19H,5-6,10H2,1-4H3/t15-,16+/m0/s1. The Morgan fingerprint density at radius 2 is 2.04 bits per heavy atom. The zero-order valence-corrected chi connectivity index (χ0v) is 15.3. The fourth-order valence-electron chi connectivity index (χ4n) is 2.93. The van der Waals surface area contributed by atoms with Crippen LogP contribution in [0.4, 0.5) is 0 Å². The lowest BCUT2D eigenvalue weighted by atomic mass is 9.86. The molecule has 1 fully saturated rings. The predicted octanol–water partition coefficient (Wildman–Crippen LogP) is 1.94. The molecule has 0 radical (unpaired) electrons. The molecule has 134 valence electrons. The van der Waals surface area contributed by atoms with E-state index >= 15 is 0 Å². The Hall–Kier alpha value is -1.31. The largest absolute Gasteiger partial charge is 0.493 e. The minimum atomic E-state index is -3.48. The molecule has 1 N–H and O–H groups in total. The third-order valence-electron chi connectivity index (χ3n) is 4.78. The van der Waals surface area contributed by atoms with Crippen LogP contribution in [0.5, 0.6) is 11.5 Å². The van der Waals surface area contributed by atoms with E-state index in [0.717, 1.165) is 6.26 Å². The molecule has 2 atom stereocenters. The lowest BCUT2D eigenvalue weighted by Gasteiger charge is -2.44. The van der Waals surface area contributed by atoms with Gasteiger partial charge in [0.1, 0.15) is 23.2 Å². The molecule has 1 aromatic rings. The van der Waals surface area contributed by atoms with Crippen molar-refractivity contribution in [2.24, 2.45) is 5.92 Å². The Labute approximate surface area is 143 Å². The van der Waals surface area contributed by atoms with Gasteiger partial charge in [0.25, 0.3) is 0 Å². The van der Waals surface area contributed by atoms with Crippen LogP contribution < -0.4 is 9.47 Å². The second-order valence-electron chi connectivity index (χ2n) is 7.33. The normalized spacial score (nSPS) is 25.9. The molecule has 0 amide bonds. The van der Waals surface area contributed by atoms with E-state index in [9.17, 15) is 13.5 Å². The van der Waals surface area contributed by atoms with E-state index < -0.39 is 27.8 Å². The molecule has 2 aliphatic rings. The summed E-state index contributed by atoms with van der Waals surface area (Å²) in [6.07, 6.45) is 2.53. The van der Waals surface area contributed by atoms with Crippen molar-refractivity contribution < 1.29 is 23.0 Å². The van der Waals surface area contributed by atoms with Crippen molar-refractivity contribution >= 4 is 10.0 Å². The van der Waals surface area contributed by atoms with Crippen LogP contribution in [0, 0.1) is 5.92 Å². The first-order chi connectivity index (χ1) is 11.1. The monoisotopic (exact) mass is 355 g/mol. The molecular weight excluding hydrogens is 330 g/mol. The van der Waals surface area contributed by atoms with Crippen LogP contribution in [-0.4, -0.2) is 49.4 Å². The van der Waals surface area contributed by atoms with E-state index in [2.05, 4.69) is 0 Å². The minimum absolute atomic E-state index is 0.574. The van der Waals surface area contributed by atoms with Crippen molar-refractivity contribution in [1.29, 1.82) is 0 Å². The Morgan fingerprint density at radius 3 is 2.62 bits per heavy atom. The molecular formula is C17H25NO5S. The van der Waals surface area contributed by atoms with E-state index in [1.165, 1.54) is 24.2 Å². The number of hydrogen-bond acceptors (Lipinski definition) is 5. The van der Waals surface area contributed by atoms with Gasteiger partial charge < -0.3 is 14.6 Å². The Morgan fingerprint density at radius 1 is 1.38 bits per heavy atom. The number of aliphatic hydroxyl groups excluding tert-OH is 1. The number of aliphatic hydroxyl groups is 1. The van der Waals surface area contributed by atoms with Crippen LogP contribution in [0.15, 0.2) is 18.2 Å². The van der Waals surface area contributed by atoms with Gasteiger partial charge in [-0.2, -0.15) is 4.31 Å². The van der Waals surface area contributed by atoms with Crippen molar-refractivity contribution in [3.05, 3.63) is 23.8 Å². The number of ether oxygens (including phenoxy) is 2. The van der Waals surface area contributed by atoms with Gasteiger partial charge >= 0.3 is 0 Å². The number of sulfonamides is 1. The molecule has 1 aliphatic carbocycles. The van der Waals surface area contributed by atoms with Gasteiger partial charge in [-0.25, -0.2) is 8.42 Å². The van der Waals surface area contributed by atoms with Gasteiger partial charge in [0.15, 0.2) is 0 Å². The van der Waals surface area contributed by atoms with E-state index in [1.807, 2.05) is 6.07 Å². The molecule has 0 bridgehead atoms. The molecule has 24 heavy (non-hydrogen) atoms. The highest BCUT2D eigenvalue weighted by molar-refractivity contribution is 7.88. The van der Waals surface area contributed by atoms with Crippen molar-refractivity contribution in [2.75, 3.05) is 19.9 Å². The van der Waals surface area contributed by atoms with Gasteiger partial charge in [-0.3, -0.25) is 0 Å². The zero-order chi connectivity index (χ0) is 17.7. The van der Waals surface area contributed by atoms with Gasteiger partial charge in [0.2, 0.25) is 10.0 Å². The topological polar surface area (TPSA) is 76.1 Å². The zero-order valence-electron chi connectivity index (χ0n) is 14.5. The molecule has 3 rings (SSSR count). The smallest absolute Gasteiger partial charge is 0.211 e. The van der Waals surface area contributed by atoms with Crippen LogP contribution >= 0.6 is 0 Å². The van der Waals surface area contributed by atoms with Crippen LogP contribution in [0.2, 0.25) is 0 Å². The highest BCUT2D eigenvalue weighted by Crippen LogP contribution is 2.44. The SMILES string of the molecule is CN([C@H]1c2cc(OCC3CC3)ccc2OC(C)(C)[C@@H]1O)S(C)(=O)=O. The second kappa shape index (κ2) is 5.89. The molecule has 0 spiro atoms. The van der Waals surface area contributed by atoms with E-state index in [4.69, 9.17) is 9.47 Å². The third kappa shape index (κ3) is 3.38. The molecule has 0 aromatic heterocycles. The van der Waals surface area contributed by atoms with Crippen LogP contribution in [-0.2, 0) is 10.0 Å². The van der Waals surface area contributed by atoms with Crippen LogP contribution in [0.1, 0.15) is 38.3 Å². The van der Waals surface area contributed by atoms with Gasteiger partial charge in [0, 0.05) is 12.6 Å². The summed E-state index contributed by atoms with van der Waals surface area (Å²) >= 11 is 0. The van der Waals surface area contributed by atoms with E-state index in [1.54, 1.807) is 26.0 Å². The molecule has 7 heteroatoms. The van der Waals surface area contributed by atoms with E-state index in [-0.39, 0.29) is 0 Å². The first-order valence-corrected chi connectivity index (χ1v) is 10.0. The van der Waals surface area contributed by atoms with Crippen LogP contribution in [0.25, 0.3) is 0 Å². The summed E-state index contributed by atoms with van der Waals surface area (Å²) in [5, 5.41) is 10.7. The number of nitrogens with zero attached hydrogens (tertiary/aromatic N) is 1. The number of fused-ring (bicyclic) bond motifs is 1. The average molecular weight is 355 g/mol. The lowest BCUT2D eigenvalue weighted by molar-refractivity contribution is -0.0763. The molecule has 1 aliphatic heterocycles. The average Bonchev–Trinajstić information content (AvgIpc) is 3.29. The fourth-order valence-corrected chi connectivity index (χ4v) is 3.58. The summed E-state index contributed by atoms with van der Waals surface area (Å²) in [6, 6.07) is 4.67. The summed E-state index contributed by atoms with van der Waals surface area (Å²) < 4.78 is 37.0. The van der Waals surface area contributed by atoms with Crippen molar-refractivity contribution in [3.8, 4) is 11.5 Å². The summed E-state index contributed by atoms with van der Waals surface area (Å²) in [5.74, 6) is 1.86. The summed E-state index contributed by atoms with van der Waals surface area (Å²) in [6.45, 7) is 4.17. The Balaban J connectivity index is 1.98. The van der Waals surface area contributed by atoms with Crippen molar-refractivity contribution in [2.45, 2.75) is 44.4 Å². The maximum atomic E-state index is 12.0. The predicted molar refractivity (Wildman–Crippen MR) is 90.7 cm³/mol. The van der Waals surface area contributed by atoms with Crippen molar-refractivity contribution in [1.82, 2.24) is 4.31 Å². The van der Waals surface area contributed by atoms with E-state index in [0.29, 0.717) is 29.6 Å². The van der Waals surface area contributed by atoms with Crippen LogP contribution in [0.3, 0.4) is 0 Å². The molecule has 0 unspecified atom stereocenters. The molecule has 1 aromatic carbocycles. The quantitative estimate of drug-likeness (QED) is 0.873. The highest BCUT2D eigenvalue weighted by Gasteiger charge is 2.46. The maximum absolute atomic E-state index is 12.0. The Bertz CT molecular complexity index is 726. The van der Waals surface area contributed by atoms with Crippen molar-refractivity contribution in [3.63, 3.8) is 0 Å². The molecule has 6 nitrogen and oxygen atoms in total. The molecule has 1 heterocycles. The fraction of sp³-hybridized carbons (Fsp3) is 0.647. The second-order valence-corrected chi connectivity index (χ2v) is 9.37. The third-order valence-corrected chi connectivity index (χ3v) is 6.06. The summed E-state index contributed by atoms with van der Waals surface area (Å²) in [4.78, 5) is 0. The highest BCUT2D eigenvalue weighted by atomic mass is 32.2. The lowest BCUT2D eigenvalue weighted by Crippen LogP contribution is -2.53. The Kier molecular flexibility index (Phi) is 4.30. The molecule has 1 saturated carbocycles. The van der Waals surface area contributed by atoms with Gasteiger partial charge in [0.05, 0.1) is 18.9 Å². The molecule has 0 saturated heterocycles. The number of rotatable bonds is 5.